The molecule has 0 amide bonds. The molecule has 60 heavy (non-hydrogen) atoms. The molecule has 0 saturated carbocycles. The number of halogens is 8. The fraction of sp³-hybridized carbons (Fsp3) is 0.200. The van der Waals surface area contributed by atoms with Gasteiger partial charge in [0, 0.05) is 74.4 Å². The molecule has 0 atom stereocenters. The summed E-state index contributed by atoms with van der Waals surface area (Å²) < 4.78 is 99.1. The van der Waals surface area contributed by atoms with Crippen molar-refractivity contribution >= 4 is 56.0 Å². The average Bonchev–Trinajstić information content (AvgIpc) is 4.01. The summed E-state index contributed by atoms with van der Waals surface area (Å²) in [5.41, 5.74) is 0. The second-order valence-electron chi connectivity index (χ2n) is 11.2. The average molecular weight is 1080 g/mol. The Morgan fingerprint density at radius 2 is 0.617 bits per heavy atom. The molecule has 0 aliphatic heterocycles. The topological polar surface area (TPSA) is 125 Å². The van der Waals surface area contributed by atoms with E-state index in [-0.39, 0.29) is 46.7 Å². The standard InChI is InChI=1S/2C10H10N6.2C5H8N2Se.2BF4.2Cu/c2*1-4-11-14(7-1)10(15-8-2-5-12-15)16-9-3-6-13-16;2*1-6-3-4-7(2)5(6)8;2*2-1(3,4)5;;/h2*1-10H;2*3-4H,1-2H3;;;;/q;;;;2*-1;2*+1. The molecule has 0 aromatic carbocycles. The van der Waals surface area contributed by atoms with E-state index < -0.39 is 14.5 Å². The molecule has 0 bridgehead atoms. The molecule has 332 valence electrons. The molecule has 8 rings (SSSR count). The molecule has 0 unspecified atom stereocenters. The van der Waals surface area contributed by atoms with Gasteiger partial charge in [0.05, 0.1) is 0 Å². The number of imidazole rings is 2. The Hall–Kier alpha value is -4.67. The van der Waals surface area contributed by atoms with Crippen molar-refractivity contribution in [1.29, 1.82) is 0 Å². The molecule has 0 spiro atoms. The van der Waals surface area contributed by atoms with E-state index >= 15 is 0 Å². The normalized spacial score (nSPS) is 10.5. The van der Waals surface area contributed by atoms with Gasteiger partial charge in [0.25, 0.3) is 0 Å². The first kappa shape index (κ1) is 53.3. The molecular formula is C30H36B2Cu2F8N16Se2. The van der Waals surface area contributed by atoms with E-state index in [4.69, 9.17) is 0 Å². The van der Waals surface area contributed by atoms with Gasteiger partial charge in [0.2, 0.25) is 12.6 Å². The fourth-order valence-corrected chi connectivity index (χ4v) is 4.89. The largest absolute Gasteiger partial charge is 1.00 e. The van der Waals surface area contributed by atoms with E-state index in [2.05, 4.69) is 62.6 Å². The number of rotatable bonds is 6. The molecule has 0 N–H and O–H groups in total. The number of hydrogen-bond donors (Lipinski definition) is 0. The summed E-state index contributed by atoms with van der Waals surface area (Å²) in [6.45, 7) is 0. The van der Waals surface area contributed by atoms with Gasteiger partial charge in [-0.1, -0.05) is 0 Å². The molecule has 30 heteroatoms. The van der Waals surface area contributed by atoms with E-state index in [0.717, 1.165) is 9.45 Å². The van der Waals surface area contributed by atoms with E-state index in [0.29, 0.717) is 0 Å². The van der Waals surface area contributed by atoms with Crippen LogP contribution in [-0.4, -0.2) is 114 Å². The Morgan fingerprint density at radius 3 is 0.700 bits per heavy atom. The van der Waals surface area contributed by atoms with Crippen LogP contribution in [0.4, 0.5) is 34.5 Å². The van der Waals surface area contributed by atoms with Crippen LogP contribution in [0, 0.1) is 0 Å². The summed E-state index contributed by atoms with van der Waals surface area (Å²) in [7, 11) is -3.98. The van der Waals surface area contributed by atoms with Crippen molar-refractivity contribution in [2.75, 3.05) is 0 Å². The molecule has 8 heterocycles. The Balaban J connectivity index is 0.000000381. The summed E-state index contributed by atoms with van der Waals surface area (Å²) in [6, 6.07) is 11.2. The first-order chi connectivity index (χ1) is 27.3. The molecule has 0 radical (unpaired) electrons. The Bertz CT molecular complexity index is 1860. The predicted molar refractivity (Wildman–Crippen MR) is 197 cm³/mol. The minimum atomic E-state index is -6.00. The number of aryl methyl sites for hydroxylation is 4. The molecule has 0 aliphatic rings. The first-order valence-electron chi connectivity index (χ1n) is 16.4. The third-order valence-corrected chi connectivity index (χ3v) is 9.22. The van der Waals surface area contributed by atoms with Crippen LogP contribution >= 0.6 is 0 Å². The summed E-state index contributed by atoms with van der Waals surface area (Å²) in [6.07, 6.45) is 29.3. The van der Waals surface area contributed by atoms with Gasteiger partial charge in [-0.25, -0.2) is 28.1 Å². The predicted octanol–water partition coefficient (Wildman–Crippen LogP) is 1.54. The summed E-state index contributed by atoms with van der Waals surface area (Å²) in [4.78, 5) is 0. The second-order valence-corrected chi connectivity index (χ2v) is 12.7. The third-order valence-electron chi connectivity index (χ3n) is 6.80. The van der Waals surface area contributed by atoms with Crippen molar-refractivity contribution in [3.05, 3.63) is 136 Å². The molecule has 8 aromatic rings. The van der Waals surface area contributed by atoms with Crippen molar-refractivity contribution in [2.45, 2.75) is 12.6 Å². The van der Waals surface area contributed by atoms with Gasteiger partial charge in [0.15, 0.2) is 0 Å². The number of aromatic nitrogens is 16. The number of hydrogen-bond acceptors (Lipinski definition) is 6. The Kier molecular flexibility index (Phi) is 23.0. The molecule has 16 nitrogen and oxygen atoms in total. The maximum Gasteiger partial charge on any atom is 1.00 e. The van der Waals surface area contributed by atoms with Gasteiger partial charge < -0.3 is 34.5 Å². The SMILES string of the molecule is Cn1cc[n+](C)c1[Se-].Cn1cc[n+](C)c1[Se-].F[B-](F)(F)F.F[B-](F)(F)F.[Cu+].[Cu+].c1cnn(C(n2cccn2)n2cccn2)c1.c1cnn(C(n2cccn2)n2cccn2)c1. The quantitative estimate of drug-likeness (QED) is 0.142. The van der Waals surface area contributed by atoms with Crippen LogP contribution in [0.3, 0.4) is 0 Å². The third kappa shape index (κ3) is 19.1. The maximum absolute atomic E-state index is 9.75. The Labute approximate surface area is 375 Å². The second kappa shape index (κ2) is 25.8. The summed E-state index contributed by atoms with van der Waals surface area (Å²) in [5.74, 6) is 0. The van der Waals surface area contributed by atoms with Crippen LogP contribution in [0.2, 0.25) is 0 Å². The Morgan fingerprint density at radius 1 is 0.433 bits per heavy atom. The van der Waals surface area contributed by atoms with E-state index in [1.54, 1.807) is 65.3 Å². The minimum Gasteiger partial charge on any atom is -0.418 e. The molecule has 8 aromatic heterocycles. The van der Waals surface area contributed by atoms with Gasteiger partial charge in [-0.2, -0.15) is 30.6 Å². The maximum atomic E-state index is 9.75. The first-order valence-corrected chi connectivity index (χ1v) is 18.1. The van der Waals surface area contributed by atoms with Crippen LogP contribution in [0.25, 0.3) is 0 Å². The van der Waals surface area contributed by atoms with Gasteiger partial charge in [-0.15, -0.1) is 0 Å². The zero-order valence-corrected chi connectivity index (χ0v) is 36.9. The van der Waals surface area contributed by atoms with Crippen LogP contribution < -0.4 is 18.6 Å². The van der Waals surface area contributed by atoms with Crippen LogP contribution in [0.15, 0.2) is 136 Å². The zero-order chi connectivity index (χ0) is 42.9. The fourth-order valence-electron chi connectivity index (χ4n) is 4.38. The molecule has 0 aliphatic carbocycles. The number of nitrogens with zero attached hydrogens (tertiary/aromatic N) is 16. The smallest absolute Gasteiger partial charge is 0.418 e. The van der Waals surface area contributed by atoms with Crippen LogP contribution in [-0.2, 0) is 62.3 Å². The van der Waals surface area contributed by atoms with Crippen molar-refractivity contribution in [2.24, 2.45) is 28.2 Å². The van der Waals surface area contributed by atoms with E-state index in [1.165, 1.54) is 0 Å². The molecule has 0 fully saturated rings. The van der Waals surface area contributed by atoms with Crippen molar-refractivity contribution < 1.29 is 77.8 Å². The summed E-state index contributed by atoms with van der Waals surface area (Å²) >= 11 is 5.89. The van der Waals surface area contributed by atoms with Gasteiger partial charge in [-0.3, -0.25) is 0 Å². The monoisotopic (exact) mass is 1080 g/mol. The minimum absolute atomic E-state index is 0. The zero-order valence-electron chi connectivity index (χ0n) is 31.6. The van der Waals surface area contributed by atoms with E-state index in [1.807, 2.05) is 145 Å². The van der Waals surface area contributed by atoms with Gasteiger partial charge >= 0.3 is 161 Å². The van der Waals surface area contributed by atoms with Gasteiger partial charge in [0.1, 0.15) is 0 Å². The van der Waals surface area contributed by atoms with Crippen molar-refractivity contribution in [1.82, 2.24) is 67.8 Å². The van der Waals surface area contributed by atoms with Gasteiger partial charge in [-0.05, 0) is 36.4 Å². The van der Waals surface area contributed by atoms with Crippen molar-refractivity contribution in [3.63, 3.8) is 0 Å². The molecule has 0 saturated heterocycles. The molecular weight excluding hydrogens is 1040 g/mol. The van der Waals surface area contributed by atoms with Crippen LogP contribution in [0.5, 0.6) is 0 Å². The summed E-state index contributed by atoms with van der Waals surface area (Å²) in [5, 5.41) is 25.3. The van der Waals surface area contributed by atoms with E-state index in [9.17, 15) is 34.5 Å². The van der Waals surface area contributed by atoms with Crippen LogP contribution in [0.1, 0.15) is 12.6 Å². The van der Waals surface area contributed by atoms with Crippen molar-refractivity contribution in [3.8, 4) is 0 Å².